The number of carbonyl (C=O) groups is 1. The third-order valence-electron chi connectivity index (χ3n) is 4.46. The van der Waals surface area contributed by atoms with Crippen LogP contribution in [0.15, 0.2) is 0 Å². The van der Waals surface area contributed by atoms with Gasteiger partial charge in [0.05, 0.1) is 6.61 Å². The summed E-state index contributed by atoms with van der Waals surface area (Å²) in [5.74, 6) is 0. The van der Waals surface area contributed by atoms with E-state index in [1.165, 1.54) is 19.3 Å². The Morgan fingerprint density at radius 1 is 1.26 bits per heavy atom. The van der Waals surface area contributed by atoms with Crippen LogP contribution in [-0.2, 0) is 4.74 Å². The van der Waals surface area contributed by atoms with Gasteiger partial charge in [-0.3, -0.25) is 0 Å². The molecule has 1 unspecified atom stereocenters. The molecule has 2 fully saturated rings. The van der Waals surface area contributed by atoms with Crippen LogP contribution in [0.25, 0.3) is 0 Å². The Labute approximate surface area is 116 Å². The number of ether oxygens (including phenoxy) is 1. The number of piperidine rings is 1. The number of amides is 1. The highest BCUT2D eigenvalue weighted by Crippen LogP contribution is 2.37. The molecule has 0 aromatic carbocycles. The lowest BCUT2D eigenvalue weighted by Crippen LogP contribution is -2.47. The van der Waals surface area contributed by atoms with E-state index >= 15 is 0 Å². The highest BCUT2D eigenvalue weighted by molar-refractivity contribution is 5.67. The Morgan fingerprint density at radius 2 is 1.95 bits per heavy atom. The van der Waals surface area contributed by atoms with Gasteiger partial charge in [-0.2, -0.15) is 0 Å². The summed E-state index contributed by atoms with van der Waals surface area (Å²) in [6.07, 6.45) is 5.86. The van der Waals surface area contributed by atoms with Crippen molar-refractivity contribution in [2.75, 3.05) is 19.7 Å². The molecule has 1 saturated heterocycles. The smallest absolute Gasteiger partial charge is 0.409 e. The second-order valence-corrected chi connectivity index (χ2v) is 6.73. The van der Waals surface area contributed by atoms with Crippen LogP contribution in [0.3, 0.4) is 0 Å². The van der Waals surface area contributed by atoms with Gasteiger partial charge in [0.15, 0.2) is 0 Å². The van der Waals surface area contributed by atoms with Crippen molar-refractivity contribution < 1.29 is 9.53 Å². The molecule has 2 aliphatic rings. The molecule has 4 heteroatoms. The summed E-state index contributed by atoms with van der Waals surface area (Å²) >= 11 is 0. The highest BCUT2D eigenvalue weighted by Gasteiger charge is 2.33. The standard InChI is InChI=1S/C15H28N2O2/c1-4-19-14(18)17-9-6-12(7-10-17)16-13-5-8-15(2,3)11-13/h12-13,16H,4-11H2,1-3H3. The maximum Gasteiger partial charge on any atom is 0.409 e. The van der Waals surface area contributed by atoms with Crippen LogP contribution < -0.4 is 5.32 Å². The van der Waals surface area contributed by atoms with Gasteiger partial charge in [0, 0.05) is 25.2 Å². The Hall–Kier alpha value is -0.770. The van der Waals surface area contributed by atoms with Gasteiger partial charge in [-0.15, -0.1) is 0 Å². The average molecular weight is 268 g/mol. The molecule has 0 radical (unpaired) electrons. The quantitative estimate of drug-likeness (QED) is 0.855. The molecule has 1 atom stereocenters. The van der Waals surface area contributed by atoms with Crippen molar-refractivity contribution in [2.24, 2.45) is 5.41 Å². The molecule has 19 heavy (non-hydrogen) atoms. The summed E-state index contributed by atoms with van der Waals surface area (Å²) in [6.45, 7) is 8.69. The van der Waals surface area contributed by atoms with Gasteiger partial charge < -0.3 is 15.0 Å². The first kappa shape index (κ1) is 14.6. The third kappa shape index (κ3) is 4.10. The van der Waals surface area contributed by atoms with E-state index in [0.29, 0.717) is 24.1 Å². The van der Waals surface area contributed by atoms with Gasteiger partial charge in [0.25, 0.3) is 0 Å². The van der Waals surface area contributed by atoms with E-state index in [2.05, 4.69) is 19.2 Å². The number of nitrogens with zero attached hydrogens (tertiary/aromatic N) is 1. The van der Waals surface area contributed by atoms with Crippen molar-refractivity contribution in [3.8, 4) is 0 Å². The number of carbonyl (C=O) groups excluding carboxylic acids is 1. The molecule has 0 spiro atoms. The third-order valence-corrected chi connectivity index (χ3v) is 4.46. The summed E-state index contributed by atoms with van der Waals surface area (Å²) in [6, 6.07) is 1.25. The van der Waals surface area contributed by atoms with E-state index in [-0.39, 0.29) is 6.09 Å². The largest absolute Gasteiger partial charge is 0.450 e. The number of rotatable bonds is 3. The summed E-state index contributed by atoms with van der Waals surface area (Å²) in [7, 11) is 0. The van der Waals surface area contributed by atoms with Crippen LogP contribution in [-0.4, -0.2) is 42.8 Å². The van der Waals surface area contributed by atoms with E-state index in [1.54, 1.807) is 0 Å². The minimum absolute atomic E-state index is 0.150. The maximum atomic E-state index is 11.6. The number of likely N-dealkylation sites (tertiary alicyclic amines) is 1. The molecular weight excluding hydrogens is 240 g/mol. The van der Waals surface area contributed by atoms with Crippen molar-refractivity contribution >= 4 is 6.09 Å². The van der Waals surface area contributed by atoms with E-state index in [1.807, 2.05) is 11.8 Å². The summed E-state index contributed by atoms with van der Waals surface area (Å²) in [4.78, 5) is 13.5. The molecule has 1 N–H and O–H groups in total. The number of hydrogen-bond donors (Lipinski definition) is 1. The van der Waals surface area contributed by atoms with E-state index in [4.69, 9.17) is 4.74 Å². The first-order chi connectivity index (χ1) is 9.00. The molecule has 0 bridgehead atoms. The van der Waals surface area contributed by atoms with Crippen molar-refractivity contribution in [3.63, 3.8) is 0 Å². The molecule has 0 aromatic rings. The fourth-order valence-corrected chi connectivity index (χ4v) is 3.36. The van der Waals surface area contributed by atoms with E-state index in [0.717, 1.165) is 25.9 Å². The normalized spacial score (nSPS) is 27.5. The van der Waals surface area contributed by atoms with E-state index in [9.17, 15) is 4.79 Å². The van der Waals surface area contributed by atoms with Crippen molar-refractivity contribution in [2.45, 2.75) is 65.0 Å². The van der Waals surface area contributed by atoms with Crippen molar-refractivity contribution in [3.05, 3.63) is 0 Å². The lowest BCUT2D eigenvalue weighted by atomic mass is 9.91. The Bertz CT molecular complexity index is 309. The van der Waals surface area contributed by atoms with Gasteiger partial charge in [-0.1, -0.05) is 13.8 Å². The molecule has 1 aliphatic heterocycles. The fraction of sp³-hybridized carbons (Fsp3) is 0.933. The monoisotopic (exact) mass is 268 g/mol. The molecular formula is C15H28N2O2. The second kappa shape index (κ2) is 6.12. The van der Waals surface area contributed by atoms with E-state index < -0.39 is 0 Å². The molecule has 110 valence electrons. The van der Waals surface area contributed by atoms with Gasteiger partial charge in [-0.05, 0) is 44.4 Å². The van der Waals surface area contributed by atoms with Crippen LogP contribution in [0.2, 0.25) is 0 Å². The minimum Gasteiger partial charge on any atom is -0.450 e. The zero-order valence-electron chi connectivity index (χ0n) is 12.6. The first-order valence-corrected chi connectivity index (χ1v) is 7.68. The predicted molar refractivity (Wildman–Crippen MR) is 76.2 cm³/mol. The average Bonchev–Trinajstić information content (AvgIpc) is 2.70. The van der Waals surface area contributed by atoms with Crippen molar-refractivity contribution in [1.29, 1.82) is 0 Å². The lowest BCUT2D eigenvalue weighted by molar-refractivity contribution is 0.0941. The first-order valence-electron chi connectivity index (χ1n) is 7.68. The SMILES string of the molecule is CCOC(=O)N1CCC(NC2CCC(C)(C)C2)CC1. The zero-order chi connectivity index (χ0) is 13.9. The summed E-state index contributed by atoms with van der Waals surface area (Å²) in [5.41, 5.74) is 0.503. The zero-order valence-corrected chi connectivity index (χ0v) is 12.6. The Kier molecular flexibility index (Phi) is 4.71. The maximum absolute atomic E-state index is 11.6. The molecule has 2 rings (SSSR count). The number of nitrogens with one attached hydrogen (secondary N) is 1. The van der Waals surface area contributed by atoms with Crippen LogP contribution in [0.1, 0.15) is 52.9 Å². The van der Waals surface area contributed by atoms with Crippen LogP contribution >= 0.6 is 0 Å². The summed E-state index contributed by atoms with van der Waals surface area (Å²) < 4.78 is 5.04. The fourth-order valence-electron chi connectivity index (χ4n) is 3.36. The van der Waals surface area contributed by atoms with Crippen LogP contribution in [0.5, 0.6) is 0 Å². The van der Waals surface area contributed by atoms with Crippen LogP contribution in [0.4, 0.5) is 4.79 Å². The molecule has 1 aliphatic carbocycles. The summed E-state index contributed by atoms with van der Waals surface area (Å²) in [5, 5.41) is 3.79. The molecule has 1 heterocycles. The highest BCUT2D eigenvalue weighted by atomic mass is 16.6. The Morgan fingerprint density at radius 3 is 2.47 bits per heavy atom. The molecule has 4 nitrogen and oxygen atoms in total. The topological polar surface area (TPSA) is 41.6 Å². The predicted octanol–water partition coefficient (Wildman–Crippen LogP) is 2.78. The van der Waals surface area contributed by atoms with Gasteiger partial charge in [0.1, 0.15) is 0 Å². The van der Waals surface area contributed by atoms with Gasteiger partial charge in [-0.25, -0.2) is 4.79 Å². The van der Waals surface area contributed by atoms with Gasteiger partial charge >= 0.3 is 6.09 Å². The number of hydrogen-bond acceptors (Lipinski definition) is 3. The Balaban J connectivity index is 1.71. The molecule has 1 amide bonds. The van der Waals surface area contributed by atoms with Crippen LogP contribution in [0, 0.1) is 5.41 Å². The molecule has 1 saturated carbocycles. The minimum atomic E-state index is -0.150. The van der Waals surface area contributed by atoms with Crippen molar-refractivity contribution in [1.82, 2.24) is 10.2 Å². The van der Waals surface area contributed by atoms with Gasteiger partial charge in [0.2, 0.25) is 0 Å². The molecule has 0 aromatic heterocycles. The lowest BCUT2D eigenvalue weighted by Gasteiger charge is -2.33. The second-order valence-electron chi connectivity index (χ2n) is 6.73.